The van der Waals surface area contributed by atoms with Gasteiger partial charge in [0.1, 0.15) is 12.4 Å². The molecule has 19 heavy (non-hydrogen) atoms. The molecule has 2 aromatic rings. The van der Waals surface area contributed by atoms with Gasteiger partial charge >= 0.3 is 8.25 Å². The summed E-state index contributed by atoms with van der Waals surface area (Å²) in [5.41, 5.74) is 0.546. The minimum absolute atomic E-state index is 0.0421. The molecular formula is C13H11FO4P+. The minimum atomic E-state index is -2.67. The molecule has 0 aliphatic heterocycles. The summed E-state index contributed by atoms with van der Waals surface area (Å²) in [4.78, 5) is 8.55. The Bertz CT molecular complexity index is 574. The number of rotatable bonds is 5. The average molecular weight is 281 g/mol. The van der Waals surface area contributed by atoms with Crippen molar-refractivity contribution in [2.24, 2.45) is 0 Å². The SMILES string of the molecule is O=[P+](O)OCc1ccc(F)c(Oc2ccccc2)c1. The smallest absolute Gasteiger partial charge is 0.454 e. The molecule has 0 radical (unpaired) electrons. The van der Waals surface area contributed by atoms with Crippen molar-refractivity contribution in [2.45, 2.75) is 6.61 Å². The molecule has 0 saturated carbocycles. The van der Waals surface area contributed by atoms with Gasteiger partial charge in [0.15, 0.2) is 11.6 Å². The highest BCUT2D eigenvalue weighted by atomic mass is 31.1. The van der Waals surface area contributed by atoms with Crippen LogP contribution in [0.25, 0.3) is 0 Å². The lowest BCUT2D eigenvalue weighted by Crippen LogP contribution is -1.92. The lowest BCUT2D eigenvalue weighted by molar-refractivity contribution is 0.272. The molecule has 0 bridgehead atoms. The van der Waals surface area contributed by atoms with E-state index >= 15 is 0 Å². The van der Waals surface area contributed by atoms with Gasteiger partial charge in [0, 0.05) is 4.57 Å². The standard InChI is InChI=1S/C13H10FO4P/c14-12-7-6-10(9-17-19(15)16)8-13(12)18-11-4-2-1-3-5-11/h1-8H,9H2/p+1. The number of benzene rings is 2. The molecule has 0 aliphatic carbocycles. The molecule has 2 aromatic carbocycles. The molecule has 1 N–H and O–H groups in total. The van der Waals surface area contributed by atoms with Crippen LogP contribution in [0.3, 0.4) is 0 Å². The third kappa shape index (κ3) is 4.10. The zero-order valence-electron chi connectivity index (χ0n) is 9.82. The summed E-state index contributed by atoms with van der Waals surface area (Å²) in [6, 6.07) is 12.9. The Morgan fingerprint density at radius 3 is 2.58 bits per heavy atom. The van der Waals surface area contributed by atoms with Gasteiger partial charge in [-0.25, -0.2) is 4.39 Å². The van der Waals surface area contributed by atoms with Crippen molar-refractivity contribution < 1.29 is 23.1 Å². The fourth-order valence-corrected chi connectivity index (χ4v) is 1.72. The van der Waals surface area contributed by atoms with Crippen LogP contribution >= 0.6 is 8.25 Å². The van der Waals surface area contributed by atoms with Gasteiger partial charge in [0.25, 0.3) is 0 Å². The van der Waals surface area contributed by atoms with Crippen molar-refractivity contribution in [3.05, 3.63) is 59.9 Å². The highest BCUT2D eigenvalue weighted by Crippen LogP contribution is 2.27. The number of para-hydroxylation sites is 1. The summed E-state index contributed by atoms with van der Waals surface area (Å²) in [6.45, 7) is -0.0862. The fourth-order valence-electron chi connectivity index (χ4n) is 1.46. The second-order valence-electron chi connectivity index (χ2n) is 3.69. The maximum atomic E-state index is 13.6. The maximum absolute atomic E-state index is 13.6. The monoisotopic (exact) mass is 281 g/mol. The molecule has 0 saturated heterocycles. The van der Waals surface area contributed by atoms with E-state index in [-0.39, 0.29) is 12.4 Å². The molecule has 1 atom stereocenters. The van der Waals surface area contributed by atoms with Crippen LogP contribution in [0.1, 0.15) is 5.56 Å². The van der Waals surface area contributed by atoms with Crippen molar-refractivity contribution in [1.82, 2.24) is 0 Å². The van der Waals surface area contributed by atoms with Crippen LogP contribution in [-0.2, 0) is 15.7 Å². The van der Waals surface area contributed by atoms with E-state index in [1.807, 2.05) is 6.07 Å². The van der Waals surface area contributed by atoms with E-state index in [0.29, 0.717) is 11.3 Å². The van der Waals surface area contributed by atoms with Gasteiger partial charge in [-0.1, -0.05) is 24.3 Å². The van der Waals surface area contributed by atoms with Gasteiger partial charge in [-0.05, 0) is 29.8 Å². The molecule has 0 fully saturated rings. The summed E-state index contributed by atoms with van der Waals surface area (Å²) in [5, 5.41) is 0. The van der Waals surface area contributed by atoms with Crippen molar-refractivity contribution in [1.29, 1.82) is 0 Å². The van der Waals surface area contributed by atoms with Crippen molar-refractivity contribution in [3.63, 3.8) is 0 Å². The van der Waals surface area contributed by atoms with E-state index in [4.69, 9.17) is 9.63 Å². The average Bonchev–Trinajstić information content (AvgIpc) is 2.41. The lowest BCUT2D eigenvalue weighted by atomic mass is 10.2. The first-order chi connectivity index (χ1) is 9.15. The quantitative estimate of drug-likeness (QED) is 0.847. The summed E-state index contributed by atoms with van der Waals surface area (Å²) in [6.07, 6.45) is 0. The number of halogens is 1. The Labute approximate surface area is 110 Å². The molecule has 1 unspecified atom stereocenters. The van der Waals surface area contributed by atoms with Gasteiger partial charge < -0.3 is 4.74 Å². The summed E-state index contributed by atoms with van der Waals surface area (Å²) in [5.74, 6) is 0.0363. The topological polar surface area (TPSA) is 55.8 Å². The molecule has 2 rings (SSSR count). The van der Waals surface area contributed by atoms with E-state index in [9.17, 15) is 8.96 Å². The summed E-state index contributed by atoms with van der Waals surface area (Å²) >= 11 is 0. The molecule has 0 aliphatic rings. The number of ether oxygens (including phenoxy) is 1. The third-order valence-electron chi connectivity index (χ3n) is 2.31. The Hall–Kier alpha value is -1.81. The molecule has 4 nitrogen and oxygen atoms in total. The van der Waals surface area contributed by atoms with Crippen LogP contribution in [0.5, 0.6) is 11.5 Å². The maximum Gasteiger partial charge on any atom is 0.695 e. The van der Waals surface area contributed by atoms with Crippen LogP contribution in [0, 0.1) is 5.82 Å². The molecule has 6 heteroatoms. The van der Waals surface area contributed by atoms with Crippen LogP contribution < -0.4 is 4.74 Å². The van der Waals surface area contributed by atoms with Gasteiger partial charge in [0.2, 0.25) is 0 Å². The minimum Gasteiger partial charge on any atom is -0.454 e. The second kappa shape index (κ2) is 6.38. The first kappa shape index (κ1) is 13.6. The molecule has 0 spiro atoms. The van der Waals surface area contributed by atoms with Gasteiger partial charge in [-0.2, -0.15) is 0 Å². The van der Waals surface area contributed by atoms with Crippen LogP contribution in [0.15, 0.2) is 48.5 Å². The van der Waals surface area contributed by atoms with Gasteiger partial charge in [-0.3, -0.25) is 0 Å². The van der Waals surface area contributed by atoms with E-state index in [2.05, 4.69) is 4.52 Å². The van der Waals surface area contributed by atoms with Crippen LogP contribution in [-0.4, -0.2) is 4.89 Å². The molecule has 0 amide bonds. The van der Waals surface area contributed by atoms with E-state index < -0.39 is 14.1 Å². The van der Waals surface area contributed by atoms with Crippen LogP contribution in [0.2, 0.25) is 0 Å². The van der Waals surface area contributed by atoms with Crippen molar-refractivity contribution in [2.75, 3.05) is 0 Å². The Balaban J connectivity index is 2.15. The molecular weight excluding hydrogens is 270 g/mol. The predicted octanol–water partition coefficient (Wildman–Crippen LogP) is 3.78. The Morgan fingerprint density at radius 1 is 1.16 bits per heavy atom. The normalized spacial score (nSPS) is 11.2. The molecule has 0 aromatic heterocycles. The lowest BCUT2D eigenvalue weighted by Gasteiger charge is -2.07. The molecule has 98 valence electrons. The first-order valence-corrected chi connectivity index (χ1v) is 6.58. The summed E-state index contributed by atoms with van der Waals surface area (Å²) in [7, 11) is -2.67. The predicted molar refractivity (Wildman–Crippen MR) is 67.5 cm³/mol. The fraction of sp³-hybridized carbons (Fsp3) is 0.0769. The van der Waals surface area contributed by atoms with E-state index in [0.717, 1.165) is 0 Å². The number of hydrogen-bond acceptors (Lipinski definition) is 3. The second-order valence-corrected chi connectivity index (χ2v) is 4.43. The Kier molecular flexibility index (Phi) is 4.58. The highest BCUT2D eigenvalue weighted by molar-refractivity contribution is 7.32. The zero-order valence-corrected chi connectivity index (χ0v) is 10.7. The zero-order chi connectivity index (χ0) is 13.7. The van der Waals surface area contributed by atoms with Gasteiger partial charge in [-0.15, -0.1) is 9.42 Å². The van der Waals surface area contributed by atoms with Crippen LogP contribution in [0.4, 0.5) is 4.39 Å². The molecule has 0 heterocycles. The van der Waals surface area contributed by atoms with E-state index in [1.54, 1.807) is 24.3 Å². The van der Waals surface area contributed by atoms with Gasteiger partial charge in [0.05, 0.1) is 0 Å². The summed E-state index contributed by atoms with van der Waals surface area (Å²) < 4.78 is 34.0. The largest absolute Gasteiger partial charge is 0.695 e. The van der Waals surface area contributed by atoms with E-state index in [1.165, 1.54) is 18.2 Å². The highest BCUT2D eigenvalue weighted by Gasteiger charge is 2.13. The van der Waals surface area contributed by atoms with Crippen molar-refractivity contribution in [3.8, 4) is 11.5 Å². The van der Waals surface area contributed by atoms with Crippen molar-refractivity contribution >= 4 is 8.25 Å². The number of hydrogen-bond donors (Lipinski definition) is 1. The third-order valence-corrected chi connectivity index (χ3v) is 2.66. The Morgan fingerprint density at radius 2 is 1.89 bits per heavy atom. The first-order valence-electron chi connectivity index (χ1n) is 5.45.